The summed E-state index contributed by atoms with van der Waals surface area (Å²) in [5.74, 6) is 0.711. The molecular formula is C10H9N5O. The van der Waals surface area contributed by atoms with Gasteiger partial charge in [0, 0.05) is 13.1 Å². The normalized spacial score (nSPS) is 9.81. The Hall–Kier alpha value is -2.42. The van der Waals surface area contributed by atoms with Crippen LogP contribution in [-0.2, 0) is 7.05 Å². The molecule has 0 N–H and O–H groups in total. The van der Waals surface area contributed by atoms with Gasteiger partial charge in [-0.1, -0.05) is 0 Å². The highest BCUT2D eigenvalue weighted by Crippen LogP contribution is 2.21. The van der Waals surface area contributed by atoms with Crippen molar-refractivity contribution < 1.29 is 4.74 Å². The van der Waals surface area contributed by atoms with E-state index in [0.717, 1.165) is 5.69 Å². The standard InChI is InChI=1S/C10H9N5O/c1-7-5-9(15(2)14-7)16-10-8(6-11)3-4-12-13-10/h3-5H,1-2H3. The van der Waals surface area contributed by atoms with Crippen LogP contribution in [-0.4, -0.2) is 20.0 Å². The number of aryl methyl sites for hydroxylation is 2. The molecule has 6 nitrogen and oxygen atoms in total. The lowest BCUT2D eigenvalue weighted by Gasteiger charge is -2.03. The number of hydrogen-bond donors (Lipinski definition) is 0. The Labute approximate surface area is 92.1 Å². The number of rotatable bonds is 2. The zero-order valence-corrected chi connectivity index (χ0v) is 8.88. The molecule has 16 heavy (non-hydrogen) atoms. The topological polar surface area (TPSA) is 76.6 Å². The van der Waals surface area contributed by atoms with Gasteiger partial charge in [-0.15, -0.1) is 5.10 Å². The Morgan fingerprint density at radius 2 is 2.31 bits per heavy atom. The van der Waals surface area contributed by atoms with Gasteiger partial charge in [-0.3, -0.25) is 0 Å². The van der Waals surface area contributed by atoms with Crippen LogP contribution in [0, 0.1) is 18.3 Å². The number of nitrogens with zero attached hydrogens (tertiary/aromatic N) is 5. The fourth-order valence-electron chi connectivity index (χ4n) is 1.26. The highest BCUT2D eigenvalue weighted by Gasteiger charge is 2.09. The molecule has 0 aliphatic heterocycles. The van der Waals surface area contributed by atoms with Crippen LogP contribution in [0.1, 0.15) is 11.3 Å². The number of hydrogen-bond acceptors (Lipinski definition) is 5. The molecule has 0 fully saturated rings. The Morgan fingerprint density at radius 3 is 2.94 bits per heavy atom. The van der Waals surface area contributed by atoms with Crippen LogP contribution in [0.15, 0.2) is 18.3 Å². The van der Waals surface area contributed by atoms with Crippen molar-refractivity contribution in [2.45, 2.75) is 6.92 Å². The van der Waals surface area contributed by atoms with Crippen LogP contribution >= 0.6 is 0 Å². The van der Waals surface area contributed by atoms with Crippen molar-refractivity contribution in [3.8, 4) is 17.8 Å². The first-order valence-electron chi connectivity index (χ1n) is 4.61. The van der Waals surface area contributed by atoms with Crippen molar-refractivity contribution in [3.63, 3.8) is 0 Å². The lowest BCUT2D eigenvalue weighted by Crippen LogP contribution is -1.98. The summed E-state index contributed by atoms with van der Waals surface area (Å²) >= 11 is 0. The quantitative estimate of drug-likeness (QED) is 0.751. The smallest absolute Gasteiger partial charge is 0.258 e. The van der Waals surface area contributed by atoms with E-state index in [0.29, 0.717) is 11.4 Å². The van der Waals surface area contributed by atoms with Crippen molar-refractivity contribution in [3.05, 3.63) is 29.6 Å². The van der Waals surface area contributed by atoms with Gasteiger partial charge in [0.2, 0.25) is 5.88 Å². The van der Waals surface area contributed by atoms with E-state index in [1.54, 1.807) is 23.9 Å². The summed E-state index contributed by atoms with van der Waals surface area (Å²) in [4.78, 5) is 0. The van der Waals surface area contributed by atoms with Gasteiger partial charge in [-0.2, -0.15) is 15.5 Å². The summed E-state index contributed by atoms with van der Waals surface area (Å²) in [6.07, 6.45) is 1.44. The third kappa shape index (κ3) is 1.83. The monoisotopic (exact) mass is 215 g/mol. The molecule has 6 heteroatoms. The van der Waals surface area contributed by atoms with Crippen molar-refractivity contribution in [2.75, 3.05) is 0 Å². The number of aromatic nitrogens is 4. The highest BCUT2D eigenvalue weighted by molar-refractivity contribution is 5.37. The second-order valence-corrected chi connectivity index (χ2v) is 3.21. The molecule has 80 valence electrons. The first kappa shape index (κ1) is 10.1. The molecule has 2 rings (SSSR count). The molecule has 0 saturated heterocycles. The van der Waals surface area contributed by atoms with Crippen LogP contribution in [0.2, 0.25) is 0 Å². The third-order valence-electron chi connectivity index (χ3n) is 1.97. The van der Waals surface area contributed by atoms with Crippen LogP contribution in [0.4, 0.5) is 0 Å². The second kappa shape index (κ2) is 3.98. The summed E-state index contributed by atoms with van der Waals surface area (Å²) in [5, 5.41) is 20.4. The van der Waals surface area contributed by atoms with Crippen LogP contribution in [0.25, 0.3) is 0 Å². The van der Waals surface area contributed by atoms with E-state index in [2.05, 4.69) is 15.3 Å². The molecule has 0 aliphatic carbocycles. The molecule has 2 aromatic rings. The first-order valence-corrected chi connectivity index (χ1v) is 4.61. The largest absolute Gasteiger partial charge is 0.418 e. The maximum Gasteiger partial charge on any atom is 0.258 e. The average Bonchev–Trinajstić information content (AvgIpc) is 2.58. The lowest BCUT2D eigenvalue weighted by molar-refractivity contribution is 0.408. The zero-order chi connectivity index (χ0) is 11.5. The molecule has 0 spiro atoms. The van der Waals surface area contributed by atoms with Gasteiger partial charge in [0.15, 0.2) is 0 Å². The predicted octanol–water partition coefficient (Wildman–Crippen LogP) is 1.18. The van der Waals surface area contributed by atoms with Crippen molar-refractivity contribution in [2.24, 2.45) is 7.05 Å². The molecule has 0 aromatic carbocycles. The summed E-state index contributed by atoms with van der Waals surface area (Å²) in [7, 11) is 1.75. The van der Waals surface area contributed by atoms with E-state index in [-0.39, 0.29) is 5.88 Å². The van der Waals surface area contributed by atoms with Gasteiger partial charge in [-0.25, -0.2) is 4.68 Å². The van der Waals surface area contributed by atoms with Gasteiger partial charge in [0.05, 0.1) is 11.9 Å². The summed E-state index contributed by atoms with van der Waals surface area (Å²) < 4.78 is 7.03. The van der Waals surface area contributed by atoms with Crippen LogP contribution < -0.4 is 4.74 Å². The fraction of sp³-hybridized carbons (Fsp3) is 0.200. The van der Waals surface area contributed by atoms with E-state index in [1.807, 2.05) is 13.0 Å². The average molecular weight is 215 g/mol. The number of nitriles is 1. The molecule has 0 amide bonds. The second-order valence-electron chi connectivity index (χ2n) is 3.21. The van der Waals surface area contributed by atoms with E-state index >= 15 is 0 Å². The predicted molar refractivity (Wildman–Crippen MR) is 54.8 cm³/mol. The van der Waals surface area contributed by atoms with Crippen LogP contribution in [0.3, 0.4) is 0 Å². The van der Waals surface area contributed by atoms with E-state index < -0.39 is 0 Å². The van der Waals surface area contributed by atoms with Crippen molar-refractivity contribution in [1.82, 2.24) is 20.0 Å². The molecule has 0 aliphatic rings. The van der Waals surface area contributed by atoms with E-state index in [9.17, 15) is 0 Å². The minimum absolute atomic E-state index is 0.188. The summed E-state index contributed by atoms with van der Waals surface area (Å²) in [6, 6.07) is 5.29. The number of ether oxygens (including phenoxy) is 1. The van der Waals surface area contributed by atoms with Crippen LogP contribution in [0.5, 0.6) is 11.8 Å². The van der Waals surface area contributed by atoms with Gasteiger partial charge in [-0.05, 0) is 13.0 Å². The van der Waals surface area contributed by atoms with Gasteiger partial charge < -0.3 is 4.74 Å². The molecule has 0 atom stereocenters. The maximum absolute atomic E-state index is 8.85. The molecule has 0 radical (unpaired) electrons. The lowest BCUT2D eigenvalue weighted by atomic mass is 10.3. The minimum atomic E-state index is 0.188. The minimum Gasteiger partial charge on any atom is -0.418 e. The molecular weight excluding hydrogens is 206 g/mol. The van der Waals surface area contributed by atoms with Gasteiger partial charge in [0.25, 0.3) is 5.88 Å². The van der Waals surface area contributed by atoms with E-state index in [1.165, 1.54) is 6.20 Å². The highest BCUT2D eigenvalue weighted by atomic mass is 16.5. The molecule has 0 saturated carbocycles. The Morgan fingerprint density at radius 1 is 1.50 bits per heavy atom. The zero-order valence-electron chi connectivity index (χ0n) is 8.88. The van der Waals surface area contributed by atoms with Gasteiger partial charge >= 0.3 is 0 Å². The molecule has 0 unspecified atom stereocenters. The van der Waals surface area contributed by atoms with E-state index in [4.69, 9.17) is 10.00 Å². The van der Waals surface area contributed by atoms with Crippen molar-refractivity contribution >= 4 is 0 Å². The fourth-order valence-corrected chi connectivity index (χ4v) is 1.26. The Kier molecular flexibility index (Phi) is 2.52. The SMILES string of the molecule is Cc1cc(Oc2nnccc2C#N)n(C)n1. The maximum atomic E-state index is 8.85. The molecule has 2 heterocycles. The first-order chi connectivity index (χ1) is 7.70. The Bertz CT molecular complexity index is 555. The molecule has 2 aromatic heterocycles. The van der Waals surface area contributed by atoms with Crippen molar-refractivity contribution in [1.29, 1.82) is 5.26 Å². The third-order valence-corrected chi connectivity index (χ3v) is 1.97. The Balaban J connectivity index is 2.34. The summed E-state index contributed by atoms with van der Waals surface area (Å²) in [6.45, 7) is 1.86. The molecule has 0 bridgehead atoms. The van der Waals surface area contributed by atoms with Gasteiger partial charge in [0.1, 0.15) is 11.6 Å². The summed E-state index contributed by atoms with van der Waals surface area (Å²) in [5.41, 5.74) is 1.17.